The molecule has 3 heteroatoms. The first kappa shape index (κ1) is 17.1. The van der Waals surface area contributed by atoms with Gasteiger partial charge in [-0.25, -0.2) is 0 Å². The SMILES string of the molecule is CO[C@@H](CC(C)C)[C@@H](O)/C=C/[Si](C)(C)c1ccccc1. The van der Waals surface area contributed by atoms with E-state index in [-0.39, 0.29) is 6.10 Å². The van der Waals surface area contributed by atoms with Crippen molar-refractivity contribution in [1.82, 2.24) is 0 Å². The summed E-state index contributed by atoms with van der Waals surface area (Å²) in [5, 5.41) is 11.7. The normalized spacial score (nSPS) is 15.8. The lowest BCUT2D eigenvalue weighted by Crippen LogP contribution is -2.40. The molecule has 0 heterocycles. The molecule has 0 unspecified atom stereocenters. The number of ether oxygens (including phenoxy) is 1. The lowest BCUT2D eigenvalue weighted by Gasteiger charge is -2.23. The maximum atomic E-state index is 10.3. The summed E-state index contributed by atoms with van der Waals surface area (Å²) in [5.74, 6) is 0.516. The van der Waals surface area contributed by atoms with Crippen LogP contribution in [0.3, 0.4) is 0 Å². The number of rotatable bonds is 7. The maximum absolute atomic E-state index is 10.3. The van der Waals surface area contributed by atoms with Crippen molar-refractivity contribution < 1.29 is 9.84 Å². The Balaban J connectivity index is 2.75. The Kier molecular flexibility index (Phi) is 6.66. The first-order chi connectivity index (χ1) is 9.36. The van der Waals surface area contributed by atoms with Crippen LogP contribution in [0, 0.1) is 5.92 Å². The van der Waals surface area contributed by atoms with Gasteiger partial charge in [0, 0.05) is 7.11 Å². The van der Waals surface area contributed by atoms with Gasteiger partial charge in [0.2, 0.25) is 0 Å². The third-order valence-corrected chi connectivity index (χ3v) is 6.46. The van der Waals surface area contributed by atoms with Gasteiger partial charge in [0.1, 0.15) is 8.07 Å². The first-order valence-corrected chi connectivity index (χ1v) is 10.4. The molecule has 0 aliphatic heterocycles. The van der Waals surface area contributed by atoms with E-state index in [4.69, 9.17) is 4.74 Å². The fourth-order valence-corrected chi connectivity index (χ4v) is 4.19. The fourth-order valence-electron chi connectivity index (χ4n) is 2.27. The highest BCUT2D eigenvalue weighted by atomic mass is 28.3. The molecule has 1 N–H and O–H groups in total. The highest BCUT2D eigenvalue weighted by Crippen LogP contribution is 2.14. The third kappa shape index (κ3) is 5.23. The van der Waals surface area contributed by atoms with Crippen molar-refractivity contribution in [2.24, 2.45) is 5.92 Å². The standard InChI is InChI=1S/C17H28O2Si/c1-14(2)13-17(19-3)16(18)11-12-20(4,5)15-9-7-6-8-10-15/h6-12,14,16-18H,13H2,1-5H3/b12-11+/t16-,17-/m0/s1. The Morgan fingerprint density at radius 1 is 1.20 bits per heavy atom. The van der Waals surface area contributed by atoms with Gasteiger partial charge in [0.25, 0.3) is 0 Å². The minimum atomic E-state index is -1.64. The van der Waals surface area contributed by atoms with E-state index in [1.165, 1.54) is 5.19 Å². The summed E-state index contributed by atoms with van der Waals surface area (Å²) in [6.07, 6.45) is 2.15. The molecule has 1 aromatic rings. The van der Waals surface area contributed by atoms with Crippen LogP contribution in [0.25, 0.3) is 0 Å². The summed E-state index contributed by atoms with van der Waals surface area (Å²) in [6.45, 7) is 8.86. The van der Waals surface area contributed by atoms with Gasteiger partial charge in [-0.15, -0.1) is 0 Å². The maximum Gasteiger partial charge on any atom is 0.103 e. The van der Waals surface area contributed by atoms with Crippen LogP contribution in [0.5, 0.6) is 0 Å². The van der Waals surface area contributed by atoms with Gasteiger partial charge in [-0.3, -0.25) is 0 Å². The molecule has 0 bridgehead atoms. The molecule has 0 saturated carbocycles. The second kappa shape index (κ2) is 7.77. The van der Waals surface area contributed by atoms with Crippen LogP contribution in [0.4, 0.5) is 0 Å². The van der Waals surface area contributed by atoms with E-state index >= 15 is 0 Å². The van der Waals surface area contributed by atoms with Crippen molar-refractivity contribution in [2.45, 2.75) is 45.6 Å². The number of methoxy groups -OCH3 is 1. The van der Waals surface area contributed by atoms with Crippen LogP contribution < -0.4 is 5.19 Å². The molecule has 0 fully saturated rings. The highest BCUT2D eigenvalue weighted by molar-refractivity contribution is 6.93. The summed E-state index contributed by atoms with van der Waals surface area (Å²) in [4.78, 5) is 0. The molecule has 0 radical (unpaired) electrons. The van der Waals surface area contributed by atoms with Crippen molar-refractivity contribution in [3.05, 3.63) is 42.1 Å². The van der Waals surface area contributed by atoms with E-state index in [1.54, 1.807) is 7.11 Å². The van der Waals surface area contributed by atoms with E-state index in [0.717, 1.165) is 6.42 Å². The molecule has 0 spiro atoms. The van der Waals surface area contributed by atoms with Crippen molar-refractivity contribution in [2.75, 3.05) is 7.11 Å². The molecular weight excluding hydrogens is 264 g/mol. The van der Waals surface area contributed by atoms with Crippen LogP contribution in [-0.4, -0.2) is 32.5 Å². The smallest absolute Gasteiger partial charge is 0.103 e. The van der Waals surface area contributed by atoms with Gasteiger partial charge in [-0.2, -0.15) is 0 Å². The summed E-state index contributed by atoms with van der Waals surface area (Å²) in [5.41, 5.74) is 2.21. The van der Waals surface area contributed by atoms with E-state index < -0.39 is 14.2 Å². The molecule has 2 atom stereocenters. The van der Waals surface area contributed by atoms with Crippen LogP contribution >= 0.6 is 0 Å². The van der Waals surface area contributed by atoms with Crippen LogP contribution in [0.2, 0.25) is 13.1 Å². The zero-order chi connectivity index (χ0) is 15.2. The predicted molar refractivity (Wildman–Crippen MR) is 89.0 cm³/mol. The Morgan fingerprint density at radius 3 is 2.30 bits per heavy atom. The average Bonchev–Trinajstić information content (AvgIpc) is 2.43. The molecule has 112 valence electrons. The lowest BCUT2D eigenvalue weighted by molar-refractivity contribution is 0.000163. The molecule has 0 saturated heterocycles. The second-order valence-corrected chi connectivity index (χ2v) is 10.7. The highest BCUT2D eigenvalue weighted by Gasteiger charge is 2.22. The molecule has 0 aliphatic carbocycles. The molecule has 1 aromatic carbocycles. The topological polar surface area (TPSA) is 29.5 Å². The Hall–Kier alpha value is -0.903. The number of hydrogen-bond donors (Lipinski definition) is 1. The minimum Gasteiger partial charge on any atom is -0.386 e. The predicted octanol–water partition coefficient (Wildman–Crippen LogP) is 3.12. The minimum absolute atomic E-state index is 0.119. The molecule has 0 aromatic heterocycles. The van der Waals surface area contributed by atoms with E-state index in [0.29, 0.717) is 5.92 Å². The largest absolute Gasteiger partial charge is 0.386 e. The van der Waals surface area contributed by atoms with Gasteiger partial charge < -0.3 is 9.84 Å². The number of aliphatic hydroxyl groups excluding tert-OH is 1. The summed E-state index contributed by atoms with van der Waals surface area (Å²) < 4.78 is 5.41. The summed E-state index contributed by atoms with van der Waals surface area (Å²) >= 11 is 0. The third-order valence-electron chi connectivity index (χ3n) is 3.62. The number of hydrogen-bond acceptors (Lipinski definition) is 2. The van der Waals surface area contributed by atoms with Crippen molar-refractivity contribution in [3.8, 4) is 0 Å². The number of aliphatic hydroxyl groups is 1. The average molecular weight is 292 g/mol. The monoisotopic (exact) mass is 292 g/mol. The second-order valence-electron chi connectivity index (χ2n) is 6.34. The van der Waals surface area contributed by atoms with Gasteiger partial charge >= 0.3 is 0 Å². The molecule has 0 amide bonds. The summed E-state index contributed by atoms with van der Waals surface area (Å²) in [6, 6.07) is 10.5. The fraction of sp³-hybridized carbons (Fsp3) is 0.529. The van der Waals surface area contributed by atoms with Crippen molar-refractivity contribution in [1.29, 1.82) is 0 Å². The Bertz CT molecular complexity index is 412. The summed E-state index contributed by atoms with van der Waals surface area (Å²) in [7, 11) is 0.0336. The van der Waals surface area contributed by atoms with Crippen molar-refractivity contribution >= 4 is 13.3 Å². The number of benzene rings is 1. The molecular formula is C17H28O2Si. The van der Waals surface area contributed by atoms with Crippen LogP contribution in [-0.2, 0) is 4.74 Å². The first-order valence-electron chi connectivity index (χ1n) is 7.32. The van der Waals surface area contributed by atoms with Crippen molar-refractivity contribution in [3.63, 3.8) is 0 Å². The lowest BCUT2D eigenvalue weighted by atomic mass is 10.0. The van der Waals surface area contributed by atoms with Gasteiger partial charge in [0.05, 0.1) is 12.2 Å². The Morgan fingerprint density at radius 2 is 1.80 bits per heavy atom. The molecule has 2 nitrogen and oxygen atoms in total. The molecule has 1 rings (SSSR count). The van der Waals surface area contributed by atoms with E-state index in [1.807, 2.05) is 12.1 Å². The molecule has 20 heavy (non-hydrogen) atoms. The Labute approximate surface area is 124 Å². The van der Waals surface area contributed by atoms with Gasteiger partial charge in [-0.05, 0) is 12.3 Å². The van der Waals surface area contributed by atoms with Gasteiger partial charge in [0.15, 0.2) is 0 Å². The zero-order valence-electron chi connectivity index (χ0n) is 13.3. The van der Waals surface area contributed by atoms with Gasteiger partial charge in [-0.1, -0.05) is 74.2 Å². The van der Waals surface area contributed by atoms with Crippen LogP contribution in [0.1, 0.15) is 20.3 Å². The quantitative estimate of drug-likeness (QED) is 0.783. The van der Waals surface area contributed by atoms with E-state index in [9.17, 15) is 5.11 Å². The zero-order valence-corrected chi connectivity index (χ0v) is 14.3. The van der Waals surface area contributed by atoms with E-state index in [2.05, 4.69) is 56.9 Å². The molecule has 0 aliphatic rings. The van der Waals surface area contributed by atoms with Crippen LogP contribution in [0.15, 0.2) is 42.1 Å².